The minimum absolute atomic E-state index is 0.222. The van der Waals surface area contributed by atoms with E-state index in [2.05, 4.69) is 12.2 Å². The van der Waals surface area contributed by atoms with Crippen molar-refractivity contribution in [1.82, 2.24) is 5.32 Å². The molecule has 0 saturated carbocycles. The van der Waals surface area contributed by atoms with E-state index >= 15 is 0 Å². The molecule has 0 aliphatic rings. The Labute approximate surface area is 135 Å². The molecule has 0 saturated heterocycles. The number of hydrogen-bond donors (Lipinski definition) is 1. The van der Waals surface area contributed by atoms with Crippen LogP contribution in [0.5, 0.6) is 0 Å². The Bertz CT molecular complexity index is 628. The maximum atomic E-state index is 14.2. The molecule has 0 fully saturated rings. The zero-order valence-electron chi connectivity index (χ0n) is 12.1. The van der Waals surface area contributed by atoms with E-state index in [0.29, 0.717) is 15.6 Å². The van der Waals surface area contributed by atoms with Crippen LogP contribution in [0.3, 0.4) is 0 Å². The van der Waals surface area contributed by atoms with E-state index in [9.17, 15) is 4.39 Å². The van der Waals surface area contributed by atoms with Gasteiger partial charge in [-0.1, -0.05) is 53.9 Å². The van der Waals surface area contributed by atoms with Crippen molar-refractivity contribution in [2.45, 2.75) is 26.3 Å². The lowest BCUT2D eigenvalue weighted by molar-refractivity contribution is 0.546. The molecule has 1 N–H and O–H groups in total. The largest absolute Gasteiger partial charge is 0.306 e. The highest BCUT2D eigenvalue weighted by molar-refractivity contribution is 6.42. The summed E-state index contributed by atoms with van der Waals surface area (Å²) >= 11 is 12.1. The molecule has 2 rings (SSSR count). The fraction of sp³-hybridized carbons (Fsp3) is 0.294. The lowest BCUT2D eigenvalue weighted by Crippen LogP contribution is -2.24. The van der Waals surface area contributed by atoms with Gasteiger partial charge in [-0.15, -0.1) is 0 Å². The average Bonchev–Trinajstić information content (AvgIpc) is 2.46. The zero-order chi connectivity index (χ0) is 15.4. The molecular weight excluding hydrogens is 308 g/mol. The molecule has 1 unspecified atom stereocenters. The van der Waals surface area contributed by atoms with Crippen molar-refractivity contribution in [3.63, 3.8) is 0 Å². The number of hydrogen-bond acceptors (Lipinski definition) is 1. The SMILES string of the molecule is CCCNC(c1ccc(Cl)c(Cl)c1)c1cc(C)ccc1F. The molecule has 0 aliphatic heterocycles. The molecule has 0 spiro atoms. The van der Waals surface area contributed by atoms with E-state index in [-0.39, 0.29) is 11.9 Å². The molecule has 0 aromatic heterocycles. The molecule has 0 amide bonds. The van der Waals surface area contributed by atoms with Crippen LogP contribution < -0.4 is 5.32 Å². The number of aryl methyl sites for hydroxylation is 1. The Morgan fingerprint density at radius 2 is 1.86 bits per heavy atom. The fourth-order valence-corrected chi connectivity index (χ4v) is 2.58. The smallest absolute Gasteiger partial charge is 0.128 e. The molecule has 0 radical (unpaired) electrons. The number of benzene rings is 2. The first kappa shape index (κ1) is 16.3. The van der Waals surface area contributed by atoms with E-state index in [1.807, 2.05) is 19.1 Å². The summed E-state index contributed by atoms with van der Waals surface area (Å²) < 4.78 is 14.2. The van der Waals surface area contributed by atoms with E-state index in [1.54, 1.807) is 18.2 Å². The van der Waals surface area contributed by atoms with Crippen LogP contribution in [0.4, 0.5) is 4.39 Å². The molecule has 1 atom stereocenters. The van der Waals surface area contributed by atoms with Gasteiger partial charge in [0.2, 0.25) is 0 Å². The number of rotatable bonds is 5. The summed E-state index contributed by atoms with van der Waals surface area (Å²) in [6, 6.07) is 10.3. The van der Waals surface area contributed by atoms with Crippen molar-refractivity contribution in [2.24, 2.45) is 0 Å². The summed E-state index contributed by atoms with van der Waals surface area (Å²) in [5, 5.41) is 4.35. The minimum atomic E-state index is -0.236. The van der Waals surface area contributed by atoms with Gasteiger partial charge in [0.25, 0.3) is 0 Å². The van der Waals surface area contributed by atoms with Crippen LogP contribution in [0.25, 0.3) is 0 Å². The zero-order valence-corrected chi connectivity index (χ0v) is 13.6. The Kier molecular flexibility index (Phi) is 5.63. The van der Waals surface area contributed by atoms with Crippen molar-refractivity contribution >= 4 is 23.2 Å². The standard InChI is InChI=1S/C17H18Cl2FN/c1-3-8-21-17(12-5-6-14(18)15(19)10-12)13-9-11(2)4-7-16(13)20/h4-7,9-10,17,21H,3,8H2,1-2H3. The van der Waals surface area contributed by atoms with Gasteiger partial charge < -0.3 is 5.32 Å². The summed E-state index contributed by atoms with van der Waals surface area (Å²) in [5.41, 5.74) is 2.55. The first-order chi connectivity index (χ1) is 10.0. The predicted octanol–water partition coefficient (Wildman–Crippen LogP) is 5.53. The van der Waals surface area contributed by atoms with E-state index < -0.39 is 0 Å². The summed E-state index contributed by atoms with van der Waals surface area (Å²) in [7, 11) is 0. The summed E-state index contributed by atoms with van der Waals surface area (Å²) in [5.74, 6) is -0.222. The summed E-state index contributed by atoms with van der Waals surface area (Å²) in [6.07, 6.45) is 0.964. The lowest BCUT2D eigenvalue weighted by atomic mass is 9.96. The minimum Gasteiger partial charge on any atom is -0.306 e. The van der Waals surface area contributed by atoms with Crippen molar-refractivity contribution in [3.05, 3.63) is 69.0 Å². The molecule has 1 nitrogen and oxygen atoms in total. The molecule has 4 heteroatoms. The normalized spacial score (nSPS) is 12.4. The van der Waals surface area contributed by atoms with Crippen molar-refractivity contribution in [2.75, 3.05) is 6.54 Å². The van der Waals surface area contributed by atoms with E-state index in [4.69, 9.17) is 23.2 Å². The summed E-state index contributed by atoms with van der Waals surface area (Å²) in [4.78, 5) is 0. The first-order valence-corrected chi connectivity index (χ1v) is 7.73. The van der Waals surface area contributed by atoms with Gasteiger partial charge in [0.15, 0.2) is 0 Å². The maximum absolute atomic E-state index is 14.2. The molecule has 112 valence electrons. The van der Waals surface area contributed by atoms with Gasteiger partial charge in [-0.3, -0.25) is 0 Å². The van der Waals surface area contributed by atoms with Crippen LogP contribution in [0.1, 0.15) is 36.1 Å². The highest BCUT2D eigenvalue weighted by Crippen LogP contribution is 2.30. The Balaban J connectivity index is 2.46. The molecule has 2 aromatic rings. The highest BCUT2D eigenvalue weighted by atomic mass is 35.5. The van der Waals surface area contributed by atoms with Gasteiger partial charge in [-0.05, 0) is 43.7 Å². The van der Waals surface area contributed by atoms with Gasteiger partial charge in [0, 0.05) is 5.56 Å². The second kappa shape index (κ2) is 7.26. The fourth-order valence-electron chi connectivity index (χ4n) is 2.27. The van der Waals surface area contributed by atoms with Crippen molar-refractivity contribution < 1.29 is 4.39 Å². The number of nitrogens with one attached hydrogen (secondary N) is 1. The quantitative estimate of drug-likeness (QED) is 0.762. The molecule has 21 heavy (non-hydrogen) atoms. The summed E-state index contributed by atoms with van der Waals surface area (Å²) in [6.45, 7) is 4.82. The molecule has 0 aliphatic carbocycles. The molecule has 0 heterocycles. The highest BCUT2D eigenvalue weighted by Gasteiger charge is 2.18. The Morgan fingerprint density at radius 1 is 1.10 bits per heavy atom. The van der Waals surface area contributed by atoms with Gasteiger partial charge in [0.05, 0.1) is 16.1 Å². The molecule has 0 bridgehead atoms. The van der Waals surface area contributed by atoms with Gasteiger partial charge >= 0.3 is 0 Å². The van der Waals surface area contributed by atoms with Crippen LogP contribution in [-0.2, 0) is 0 Å². The third-order valence-corrected chi connectivity index (χ3v) is 4.08. The third-order valence-electron chi connectivity index (χ3n) is 3.34. The van der Waals surface area contributed by atoms with E-state index in [0.717, 1.165) is 24.1 Å². The van der Waals surface area contributed by atoms with Crippen LogP contribution in [-0.4, -0.2) is 6.54 Å². The van der Waals surface area contributed by atoms with Crippen LogP contribution in [0.2, 0.25) is 10.0 Å². The third kappa shape index (κ3) is 3.97. The van der Waals surface area contributed by atoms with Crippen LogP contribution in [0, 0.1) is 12.7 Å². The van der Waals surface area contributed by atoms with Gasteiger partial charge in [0.1, 0.15) is 5.82 Å². The molecule has 2 aromatic carbocycles. The predicted molar refractivity (Wildman–Crippen MR) is 87.7 cm³/mol. The van der Waals surface area contributed by atoms with Crippen LogP contribution >= 0.6 is 23.2 Å². The molecular formula is C17H18Cl2FN. The van der Waals surface area contributed by atoms with Crippen molar-refractivity contribution in [3.8, 4) is 0 Å². The second-order valence-corrected chi connectivity index (χ2v) is 5.90. The number of halogens is 3. The van der Waals surface area contributed by atoms with Crippen LogP contribution in [0.15, 0.2) is 36.4 Å². The first-order valence-electron chi connectivity index (χ1n) is 6.97. The lowest BCUT2D eigenvalue weighted by Gasteiger charge is -2.21. The second-order valence-electron chi connectivity index (χ2n) is 5.09. The Hall–Kier alpha value is -1.09. The average molecular weight is 326 g/mol. The van der Waals surface area contributed by atoms with E-state index in [1.165, 1.54) is 6.07 Å². The topological polar surface area (TPSA) is 12.0 Å². The van der Waals surface area contributed by atoms with Gasteiger partial charge in [-0.25, -0.2) is 4.39 Å². The van der Waals surface area contributed by atoms with Crippen molar-refractivity contribution in [1.29, 1.82) is 0 Å². The monoisotopic (exact) mass is 325 g/mol. The maximum Gasteiger partial charge on any atom is 0.128 e. The van der Waals surface area contributed by atoms with Gasteiger partial charge in [-0.2, -0.15) is 0 Å². The Morgan fingerprint density at radius 3 is 2.52 bits per heavy atom.